The highest BCUT2D eigenvalue weighted by molar-refractivity contribution is 5.74. The monoisotopic (exact) mass is 293 g/mol. The highest BCUT2D eigenvalue weighted by Gasteiger charge is 2.25. The first-order valence-electron chi connectivity index (χ1n) is 6.41. The molecule has 112 valence electrons. The smallest absolute Gasteiger partial charge is 0.461 e. The molecule has 21 heavy (non-hydrogen) atoms. The highest BCUT2D eigenvalue weighted by atomic mass is 16.7. The van der Waals surface area contributed by atoms with Crippen molar-refractivity contribution in [3.63, 3.8) is 0 Å². The first-order valence-corrected chi connectivity index (χ1v) is 6.41. The van der Waals surface area contributed by atoms with Gasteiger partial charge in [-0.05, 0) is 14.1 Å². The predicted molar refractivity (Wildman–Crippen MR) is 72.8 cm³/mol. The standard InChI is InChI=1S/C12H15N5O4/c1-15(2)4-3-13-12-14-17(19)9-6-11-10(20-7-21-11)5-8(9)16(12)18/h5-6H,3-4,7H2,1-2H3,(H,13,14). The Kier molecular flexibility index (Phi) is 3.26. The van der Waals surface area contributed by atoms with Gasteiger partial charge in [-0.15, -0.1) is 0 Å². The third-order valence-electron chi connectivity index (χ3n) is 3.11. The Bertz CT molecular complexity index is 691. The third kappa shape index (κ3) is 2.42. The number of fused-ring (bicyclic) bond motifs is 2. The van der Waals surface area contributed by atoms with Gasteiger partial charge < -0.3 is 24.8 Å². The summed E-state index contributed by atoms with van der Waals surface area (Å²) in [7, 11) is 3.82. The Morgan fingerprint density at radius 1 is 1.24 bits per heavy atom. The molecule has 1 aliphatic rings. The van der Waals surface area contributed by atoms with Gasteiger partial charge in [0.2, 0.25) is 11.9 Å². The van der Waals surface area contributed by atoms with E-state index in [0.29, 0.717) is 34.2 Å². The SMILES string of the molecule is CN(C)CCNc1n[n+]([O-])c2cc3c(cc2[n+]1[O-])OCO3. The van der Waals surface area contributed by atoms with Crippen LogP contribution in [0, 0.1) is 10.4 Å². The molecule has 0 unspecified atom stereocenters. The van der Waals surface area contributed by atoms with Gasteiger partial charge in [0, 0.05) is 17.5 Å². The van der Waals surface area contributed by atoms with E-state index in [4.69, 9.17) is 9.47 Å². The molecule has 0 fully saturated rings. The minimum absolute atomic E-state index is 0.0433. The second-order valence-electron chi connectivity index (χ2n) is 4.92. The number of benzene rings is 1. The molecule has 9 heteroatoms. The van der Waals surface area contributed by atoms with Gasteiger partial charge in [0.25, 0.3) is 0 Å². The molecule has 1 aliphatic heterocycles. The maximum Gasteiger partial charge on any atom is 0.461 e. The van der Waals surface area contributed by atoms with Crippen LogP contribution in [0.3, 0.4) is 0 Å². The van der Waals surface area contributed by atoms with Crippen LogP contribution in [0.2, 0.25) is 0 Å². The Labute approximate surface area is 120 Å². The number of hydrogen-bond acceptors (Lipinski definition) is 7. The molecule has 0 spiro atoms. The maximum absolute atomic E-state index is 12.3. The second kappa shape index (κ2) is 5.09. The lowest BCUT2D eigenvalue weighted by Crippen LogP contribution is -2.44. The summed E-state index contributed by atoms with van der Waals surface area (Å²) in [5.41, 5.74) is 0.309. The molecule has 2 heterocycles. The van der Waals surface area contributed by atoms with Crippen LogP contribution in [-0.2, 0) is 0 Å². The summed E-state index contributed by atoms with van der Waals surface area (Å²) in [4.78, 5) is 2.36. The zero-order valence-electron chi connectivity index (χ0n) is 11.7. The van der Waals surface area contributed by atoms with Crippen molar-refractivity contribution in [1.29, 1.82) is 0 Å². The Morgan fingerprint density at radius 3 is 2.57 bits per heavy atom. The van der Waals surface area contributed by atoms with Crippen LogP contribution in [0.1, 0.15) is 0 Å². The lowest BCUT2D eigenvalue weighted by molar-refractivity contribution is -0.672. The average molecular weight is 293 g/mol. The molecule has 3 rings (SSSR count). The Hall–Kier alpha value is -2.55. The van der Waals surface area contributed by atoms with E-state index in [-0.39, 0.29) is 23.8 Å². The molecule has 0 bridgehead atoms. The number of ether oxygens (including phenoxy) is 2. The van der Waals surface area contributed by atoms with Gasteiger partial charge in [0.05, 0.1) is 12.6 Å². The molecule has 9 nitrogen and oxygen atoms in total. The van der Waals surface area contributed by atoms with E-state index in [1.807, 2.05) is 19.0 Å². The molecule has 2 aromatic rings. The molecule has 1 aromatic heterocycles. The maximum atomic E-state index is 12.3. The summed E-state index contributed by atoms with van der Waals surface area (Å²) in [6.45, 7) is 1.28. The highest BCUT2D eigenvalue weighted by Crippen LogP contribution is 2.34. The van der Waals surface area contributed by atoms with Crippen molar-refractivity contribution < 1.29 is 19.0 Å². The largest absolute Gasteiger partial charge is 0.739 e. The Morgan fingerprint density at radius 2 is 1.90 bits per heavy atom. The quantitative estimate of drug-likeness (QED) is 0.582. The summed E-state index contributed by atoms with van der Waals surface area (Å²) in [6, 6.07) is 2.94. The normalized spacial score (nSPS) is 13.1. The number of nitrogens with one attached hydrogen (secondary N) is 1. The van der Waals surface area contributed by atoms with E-state index in [9.17, 15) is 10.4 Å². The minimum atomic E-state index is -0.0433. The summed E-state index contributed by atoms with van der Waals surface area (Å²) in [6.07, 6.45) is 0. The van der Waals surface area contributed by atoms with Crippen molar-refractivity contribution in [2.75, 3.05) is 39.3 Å². The number of hydrogen-bond donors (Lipinski definition) is 1. The van der Waals surface area contributed by atoms with Crippen molar-refractivity contribution in [2.45, 2.75) is 0 Å². The first kappa shape index (κ1) is 13.4. The van der Waals surface area contributed by atoms with E-state index in [2.05, 4.69) is 10.4 Å². The van der Waals surface area contributed by atoms with Crippen LogP contribution < -0.4 is 24.4 Å². The molecule has 1 N–H and O–H groups in total. The van der Waals surface area contributed by atoms with Crippen LogP contribution in [-0.4, -0.2) is 44.0 Å². The van der Waals surface area contributed by atoms with Crippen LogP contribution in [0.4, 0.5) is 5.95 Å². The molecular weight excluding hydrogens is 278 g/mol. The number of rotatable bonds is 4. The molecule has 0 radical (unpaired) electrons. The molecule has 0 atom stereocenters. The van der Waals surface area contributed by atoms with Crippen LogP contribution in [0.5, 0.6) is 11.5 Å². The van der Waals surface area contributed by atoms with Crippen LogP contribution >= 0.6 is 0 Å². The van der Waals surface area contributed by atoms with Crippen molar-refractivity contribution in [3.05, 3.63) is 22.5 Å². The van der Waals surface area contributed by atoms with E-state index >= 15 is 0 Å². The van der Waals surface area contributed by atoms with Crippen LogP contribution in [0.25, 0.3) is 11.0 Å². The van der Waals surface area contributed by atoms with Gasteiger partial charge in [0.15, 0.2) is 17.0 Å². The van der Waals surface area contributed by atoms with E-state index in [0.717, 1.165) is 0 Å². The molecule has 0 saturated heterocycles. The fourth-order valence-corrected chi connectivity index (χ4v) is 2.03. The fourth-order valence-electron chi connectivity index (χ4n) is 2.03. The van der Waals surface area contributed by atoms with E-state index in [1.54, 1.807) is 0 Å². The van der Waals surface area contributed by atoms with Gasteiger partial charge >= 0.3 is 11.5 Å². The van der Waals surface area contributed by atoms with Crippen molar-refractivity contribution >= 4 is 17.0 Å². The van der Waals surface area contributed by atoms with Crippen molar-refractivity contribution in [1.82, 2.24) is 10.00 Å². The topological polar surface area (TPSA) is 100 Å². The summed E-state index contributed by atoms with van der Waals surface area (Å²) < 4.78 is 11.0. The minimum Gasteiger partial charge on any atom is -0.739 e. The lowest BCUT2D eigenvalue weighted by Gasteiger charge is -2.12. The van der Waals surface area contributed by atoms with Gasteiger partial charge in [-0.3, -0.25) is 5.32 Å². The zero-order valence-corrected chi connectivity index (χ0v) is 11.7. The molecule has 0 amide bonds. The van der Waals surface area contributed by atoms with Crippen molar-refractivity contribution in [3.8, 4) is 11.5 Å². The summed E-state index contributed by atoms with van der Waals surface area (Å²) in [5.74, 6) is 0.831. The number of aromatic nitrogens is 3. The zero-order chi connectivity index (χ0) is 15.0. The third-order valence-corrected chi connectivity index (χ3v) is 3.11. The van der Waals surface area contributed by atoms with E-state index < -0.39 is 0 Å². The van der Waals surface area contributed by atoms with Crippen LogP contribution in [0.15, 0.2) is 12.1 Å². The number of anilines is 1. The van der Waals surface area contributed by atoms with E-state index in [1.165, 1.54) is 12.1 Å². The lowest BCUT2D eigenvalue weighted by atomic mass is 10.2. The van der Waals surface area contributed by atoms with Gasteiger partial charge in [0.1, 0.15) is 0 Å². The second-order valence-corrected chi connectivity index (χ2v) is 4.92. The molecule has 1 aromatic carbocycles. The number of nitrogens with zero attached hydrogens (tertiary/aromatic N) is 4. The summed E-state index contributed by atoms with van der Waals surface area (Å²) >= 11 is 0. The summed E-state index contributed by atoms with van der Waals surface area (Å²) in [5, 5.41) is 30.8. The van der Waals surface area contributed by atoms with Gasteiger partial charge in [-0.1, -0.05) is 0 Å². The number of likely N-dealkylation sites (N-methyl/N-ethyl adjacent to an activating group) is 1. The molecule has 0 saturated carbocycles. The Balaban J connectivity index is 2.00. The predicted octanol–water partition coefficient (Wildman–Crippen LogP) is -0.796. The van der Waals surface area contributed by atoms with Crippen molar-refractivity contribution in [2.24, 2.45) is 0 Å². The van der Waals surface area contributed by atoms with Gasteiger partial charge in [-0.2, -0.15) is 0 Å². The fraction of sp³-hybridized carbons (Fsp3) is 0.417. The molecule has 0 aliphatic carbocycles. The molecular formula is C12H15N5O4. The average Bonchev–Trinajstić information content (AvgIpc) is 2.89. The van der Waals surface area contributed by atoms with Gasteiger partial charge in [-0.25, -0.2) is 4.73 Å². The first-order chi connectivity index (χ1) is 10.1.